The van der Waals surface area contributed by atoms with Crippen molar-refractivity contribution in [2.45, 2.75) is 6.04 Å². The minimum absolute atomic E-state index is 0.182. The first kappa shape index (κ1) is 13.2. The lowest BCUT2D eigenvalue weighted by molar-refractivity contribution is 0.414. The zero-order valence-electron chi connectivity index (χ0n) is 11.6. The lowest BCUT2D eigenvalue weighted by atomic mass is 9.98. The highest BCUT2D eigenvalue weighted by Gasteiger charge is 2.16. The molecule has 1 aromatic heterocycles. The van der Waals surface area contributed by atoms with Crippen LogP contribution in [0.2, 0.25) is 0 Å². The van der Waals surface area contributed by atoms with Crippen LogP contribution in [0, 0.1) is 0 Å². The van der Waals surface area contributed by atoms with Crippen molar-refractivity contribution in [3.63, 3.8) is 0 Å². The van der Waals surface area contributed by atoms with Crippen LogP contribution in [-0.4, -0.2) is 14.2 Å². The summed E-state index contributed by atoms with van der Waals surface area (Å²) >= 11 is 1.79. The maximum atomic E-state index is 5.33. The Morgan fingerprint density at radius 1 is 1.10 bits per heavy atom. The Kier molecular flexibility index (Phi) is 3.72. The highest BCUT2D eigenvalue weighted by atomic mass is 32.1. The van der Waals surface area contributed by atoms with E-state index in [1.165, 1.54) is 21.2 Å². The van der Waals surface area contributed by atoms with Gasteiger partial charge in [0.25, 0.3) is 0 Å². The molecule has 0 saturated heterocycles. The maximum absolute atomic E-state index is 5.33. The van der Waals surface area contributed by atoms with E-state index in [-0.39, 0.29) is 6.04 Å². The van der Waals surface area contributed by atoms with Gasteiger partial charge in [-0.3, -0.25) is 0 Å². The van der Waals surface area contributed by atoms with Gasteiger partial charge in [0.1, 0.15) is 5.75 Å². The van der Waals surface area contributed by atoms with Gasteiger partial charge in [0, 0.05) is 4.70 Å². The molecule has 0 bridgehead atoms. The molecule has 0 saturated carbocycles. The summed E-state index contributed by atoms with van der Waals surface area (Å²) in [4.78, 5) is 0. The molecule has 0 spiro atoms. The van der Waals surface area contributed by atoms with Gasteiger partial charge in [-0.2, -0.15) is 0 Å². The van der Waals surface area contributed by atoms with Crippen LogP contribution in [0.25, 0.3) is 10.1 Å². The minimum atomic E-state index is 0.182. The van der Waals surface area contributed by atoms with Crippen molar-refractivity contribution < 1.29 is 4.74 Å². The monoisotopic (exact) mass is 283 g/mol. The summed E-state index contributed by atoms with van der Waals surface area (Å²) in [6.07, 6.45) is 0. The Labute approximate surface area is 123 Å². The van der Waals surface area contributed by atoms with Crippen LogP contribution in [0.4, 0.5) is 0 Å². The lowest BCUT2D eigenvalue weighted by Gasteiger charge is -2.17. The van der Waals surface area contributed by atoms with E-state index in [1.54, 1.807) is 18.4 Å². The van der Waals surface area contributed by atoms with E-state index in [0.717, 1.165) is 5.75 Å². The molecule has 1 atom stereocenters. The highest BCUT2D eigenvalue weighted by molar-refractivity contribution is 7.17. The molecule has 2 aromatic carbocycles. The fraction of sp³-hybridized carbons (Fsp3) is 0.176. The average molecular weight is 283 g/mol. The van der Waals surface area contributed by atoms with Crippen molar-refractivity contribution in [1.29, 1.82) is 0 Å². The normalized spacial score (nSPS) is 12.5. The van der Waals surface area contributed by atoms with Gasteiger partial charge in [-0.05, 0) is 47.1 Å². The van der Waals surface area contributed by atoms with Gasteiger partial charge in [0.05, 0.1) is 13.2 Å². The van der Waals surface area contributed by atoms with Crippen LogP contribution in [0.3, 0.4) is 0 Å². The van der Waals surface area contributed by atoms with E-state index >= 15 is 0 Å². The molecule has 0 aliphatic heterocycles. The molecule has 20 heavy (non-hydrogen) atoms. The molecule has 102 valence electrons. The second-order valence-electron chi connectivity index (χ2n) is 4.69. The largest absolute Gasteiger partial charge is 0.497 e. The third-order valence-corrected chi connectivity index (χ3v) is 4.52. The smallest absolute Gasteiger partial charge is 0.119 e. The third kappa shape index (κ3) is 2.30. The molecule has 1 heterocycles. The van der Waals surface area contributed by atoms with E-state index in [9.17, 15) is 0 Å². The Morgan fingerprint density at radius 2 is 1.95 bits per heavy atom. The van der Waals surface area contributed by atoms with E-state index in [1.807, 2.05) is 19.2 Å². The second kappa shape index (κ2) is 5.65. The molecule has 0 amide bonds. The number of thiophene rings is 1. The fourth-order valence-corrected chi connectivity index (χ4v) is 3.53. The first-order chi connectivity index (χ1) is 9.83. The zero-order chi connectivity index (χ0) is 13.9. The van der Waals surface area contributed by atoms with Gasteiger partial charge in [0.2, 0.25) is 0 Å². The molecule has 2 nitrogen and oxygen atoms in total. The summed E-state index contributed by atoms with van der Waals surface area (Å²) in [6.45, 7) is 0. The summed E-state index contributed by atoms with van der Waals surface area (Å²) in [7, 11) is 3.70. The number of hydrogen-bond acceptors (Lipinski definition) is 3. The Hall–Kier alpha value is -1.84. The summed E-state index contributed by atoms with van der Waals surface area (Å²) in [6, 6.07) is 17.0. The first-order valence-corrected chi connectivity index (χ1v) is 7.49. The van der Waals surface area contributed by atoms with Crippen molar-refractivity contribution in [3.05, 3.63) is 65.0 Å². The van der Waals surface area contributed by atoms with Crippen LogP contribution in [-0.2, 0) is 0 Å². The molecule has 0 radical (unpaired) electrons. The first-order valence-electron chi connectivity index (χ1n) is 6.61. The summed E-state index contributed by atoms with van der Waals surface area (Å²) in [5, 5.41) is 6.98. The molecular formula is C17H17NOS. The Balaban J connectivity index is 2.09. The van der Waals surface area contributed by atoms with Crippen LogP contribution >= 0.6 is 11.3 Å². The summed E-state index contributed by atoms with van der Waals surface area (Å²) in [5.74, 6) is 0.891. The van der Waals surface area contributed by atoms with Crippen molar-refractivity contribution in [2.24, 2.45) is 0 Å². The van der Waals surface area contributed by atoms with Gasteiger partial charge in [-0.1, -0.05) is 30.3 Å². The predicted molar refractivity (Wildman–Crippen MR) is 85.7 cm³/mol. The van der Waals surface area contributed by atoms with E-state index in [2.05, 4.69) is 47.1 Å². The number of methoxy groups -OCH3 is 1. The van der Waals surface area contributed by atoms with Crippen LogP contribution < -0.4 is 10.1 Å². The van der Waals surface area contributed by atoms with Crippen molar-refractivity contribution >= 4 is 21.4 Å². The summed E-state index contributed by atoms with van der Waals surface area (Å²) < 4.78 is 6.65. The molecule has 3 rings (SSSR count). The number of ether oxygens (including phenoxy) is 1. The van der Waals surface area contributed by atoms with Gasteiger partial charge in [0.15, 0.2) is 0 Å². The summed E-state index contributed by atoms with van der Waals surface area (Å²) in [5.41, 5.74) is 2.54. The molecule has 0 aliphatic carbocycles. The van der Waals surface area contributed by atoms with E-state index in [0.29, 0.717) is 0 Å². The molecule has 1 unspecified atom stereocenters. The number of hydrogen-bond donors (Lipinski definition) is 1. The van der Waals surface area contributed by atoms with E-state index in [4.69, 9.17) is 4.74 Å². The number of fused-ring (bicyclic) bond motifs is 1. The number of rotatable bonds is 4. The number of nitrogens with one attached hydrogen (secondary N) is 1. The van der Waals surface area contributed by atoms with Gasteiger partial charge in [-0.25, -0.2) is 0 Å². The van der Waals surface area contributed by atoms with Gasteiger partial charge in [-0.15, -0.1) is 11.3 Å². The fourth-order valence-electron chi connectivity index (χ4n) is 2.54. The lowest BCUT2D eigenvalue weighted by Crippen LogP contribution is -2.17. The second-order valence-corrected chi connectivity index (χ2v) is 5.60. The van der Waals surface area contributed by atoms with Crippen molar-refractivity contribution in [2.75, 3.05) is 14.2 Å². The molecular weight excluding hydrogens is 266 g/mol. The molecule has 1 N–H and O–H groups in total. The van der Waals surface area contributed by atoms with Crippen LogP contribution in [0.5, 0.6) is 5.75 Å². The maximum Gasteiger partial charge on any atom is 0.119 e. The molecule has 0 fully saturated rings. The molecule has 0 aliphatic rings. The third-order valence-electron chi connectivity index (χ3n) is 3.54. The van der Waals surface area contributed by atoms with Gasteiger partial charge >= 0.3 is 0 Å². The van der Waals surface area contributed by atoms with Gasteiger partial charge < -0.3 is 10.1 Å². The molecule has 3 aromatic rings. The standard InChI is InChI=1S/C17H17NOS/c1-18-17(12-6-5-7-13(10-12)19-2)15-11-20-16-9-4-3-8-14(15)16/h3-11,17-18H,1-2H3. The topological polar surface area (TPSA) is 21.3 Å². The SMILES string of the molecule is CNC(c1cccc(OC)c1)c1csc2ccccc12. The Bertz CT molecular complexity index is 720. The predicted octanol–water partition coefficient (Wildman–Crippen LogP) is 4.22. The zero-order valence-corrected chi connectivity index (χ0v) is 12.4. The van der Waals surface area contributed by atoms with Crippen molar-refractivity contribution in [1.82, 2.24) is 5.32 Å². The van der Waals surface area contributed by atoms with E-state index < -0.39 is 0 Å². The average Bonchev–Trinajstić information content (AvgIpc) is 2.93. The highest BCUT2D eigenvalue weighted by Crippen LogP contribution is 2.34. The minimum Gasteiger partial charge on any atom is -0.497 e. The van der Waals surface area contributed by atoms with Crippen molar-refractivity contribution in [3.8, 4) is 5.75 Å². The Morgan fingerprint density at radius 3 is 2.75 bits per heavy atom. The molecule has 3 heteroatoms. The number of benzene rings is 2. The van der Waals surface area contributed by atoms with Crippen LogP contribution in [0.15, 0.2) is 53.9 Å². The van der Waals surface area contributed by atoms with Crippen LogP contribution in [0.1, 0.15) is 17.2 Å². The quantitative estimate of drug-likeness (QED) is 0.774.